The summed E-state index contributed by atoms with van der Waals surface area (Å²) >= 11 is 9.24. The first-order chi connectivity index (χ1) is 10.9. The van der Waals surface area contributed by atoms with Crippen LogP contribution in [0.3, 0.4) is 0 Å². The molecular weight excluding hydrogens is 380 g/mol. The smallest absolute Gasteiger partial charge is 0.267 e. The molecule has 0 unspecified atom stereocenters. The summed E-state index contributed by atoms with van der Waals surface area (Å²) in [5.41, 5.74) is 1.14. The van der Waals surface area contributed by atoms with Crippen molar-refractivity contribution in [2.45, 2.75) is 13.0 Å². The molecule has 2 aromatic carbocycles. The van der Waals surface area contributed by atoms with E-state index in [2.05, 4.69) is 22.0 Å². The van der Waals surface area contributed by atoms with E-state index >= 15 is 0 Å². The minimum atomic E-state index is -0.691. The van der Waals surface area contributed by atoms with Crippen molar-refractivity contribution < 1.29 is 9.53 Å². The Morgan fingerprint density at radius 2 is 2.09 bits per heavy atom. The summed E-state index contributed by atoms with van der Waals surface area (Å²) in [5.74, 6) is 0.316. The fourth-order valence-electron chi connectivity index (χ4n) is 2.00. The average molecular weight is 394 g/mol. The van der Waals surface area contributed by atoms with Gasteiger partial charge in [-0.1, -0.05) is 17.7 Å². The molecule has 118 valence electrons. The quantitative estimate of drug-likeness (QED) is 0.773. The third-order valence-corrected chi connectivity index (χ3v) is 4.09. The van der Waals surface area contributed by atoms with E-state index in [0.717, 1.165) is 0 Å². The van der Waals surface area contributed by atoms with E-state index in [9.17, 15) is 4.79 Å². The van der Waals surface area contributed by atoms with Gasteiger partial charge in [0.15, 0.2) is 6.10 Å². The molecule has 0 aliphatic heterocycles. The number of anilines is 1. The first-order valence-electron chi connectivity index (χ1n) is 6.82. The van der Waals surface area contributed by atoms with Crippen molar-refractivity contribution >= 4 is 39.1 Å². The molecule has 4 nitrogen and oxygen atoms in total. The molecule has 0 aliphatic carbocycles. The Bertz CT molecular complexity index is 773. The number of benzene rings is 2. The molecule has 0 saturated carbocycles. The second-order valence-corrected chi connectivity index (χ2v) is 6.18. The number of amides is 1. The molecule has 0 bridgehead atoms. The van der Waals surface area contributed by atoms with Gasteiger partial charge in [0.2, 0.25) is 0 Å². The molecule has 0 aliphatic rings. The van der Waals surface area contributed by atoms with Gasteiger partial charge in [-0.2, -0.15) is 5.26 Å². The van der Waals surface area contributed by atoms with Crippen LogP contribution in [0, 0.1) is 11.3 Å². The SMILES string of the molecule is C[C@@H](Oc1ccc(Cl)cc1Br)C(=O)N(C)c1cccc(C#N)c1. The molecule has 1 amide bonds. The third-order valence-electron chi connectivity index (χ3n) is 3.24. The summed E-state index contributed by atoms with van der Waals surface area (Å²) in [7, 11) is 1.65. The lowest BCUT2D eigenvalue weighted by atomic mass is 10.2. The zero-order chi connectivity index (χ0) is 17.0. The van der Waals surface area contributed by atoms with Gasteiger partial charge in [0.05, 0.1) is 16.1 Å². The molecule has 1 atom stereocenters. The molecule has 0 radical (unpaired) electrons. The summed E-state index contributed by atoms with van der Waals surface area (Å²) in [5, 5.41) is 9.52. The van der Waals surface area contributed by atoms with E-state index in [1.165, 1.54) is 4.90 Å². The van der Waals surface area contributed by atoms with Crippen molar-refractivity contribution in [2.75, 3.05) is 11.9 Å². The van der Waals surface area contributed by atoms with Crippen LogP contribution in [-0.4, -0.2) is 19.1 Å². The van der Waals surface area contributed by atoms with Gasteiger partial charge in [-0.15, -0.1) is 0 Å². The second kappa shape index (κ2) is 7.49. The first-order valence-corrected chi connectivity index (χ1v) is 7.99. The van der Waals surface area contributed by atoms with Crippen LogP contribution in [0.2, 0.25) is 5.02 Å². The Morgan fingerprint density at radius 1 is 1.35 bits per heavy atom. The number of nitriles is 1. The monoisotopic (exact) mass is 392 g/mol. The van der Waals surface area contributed by atoms with Crippen molar-refractivity contribution in [2.24, 2.45) is 0 Å². The van der Waals surface area contributed by atoms with E-state index in [1.54, 1.807) is 56.4 Å². The maximum atomic E-state index is 12.5. The number of likely N-dealkylation sites (N-methyl/N-ethyl adjacent to an activating group) is 1. The van der Waals surface area contributed by atoms with E-state index in [1.807, 2.05) is 0 Å². The summed E-state index contributed by atoms with van der Waals surface area (Å²) in [6.45, 7) is 1.67. The molecule has 2 rings (SSSR count). The standard InChI is InChI=1S/C17H14BrClN2O2/c1-11(23-16-7-6-13(19)9-15(16)18)17(22)21(2)14-5-3-4-12(8-14)10-20/h3-9,11H,1-2H3/t11-/m1/s1. The Balaban J connectivity index is 2.13. The number of hydrogen-bond donors (Lipinski definition) is 0. The van der Waals surface area contributed by atoms with Crippen molar-refractivity contribution in [3.05, 3.63) is 57.5 Å². The predicted octanol–water partition coefficient (Wildman–Crippen LogP) is 4.40. The van der Waals surface area contributed by atoms with Crippen molar-refractivity contribution in [3.63, 3.8) is 0 Å². The largest absolute Gasteiger partial charge is 0.480 e. The van der Waals surface area contributed by atoms with Gasteiger partial charge in [-0.05, 0) is 59.3 Å². The zero-order valence-corrected chi connectivity index (χ0v) is 14.9. The number of carbonyl (C=O) groups excluding carboxylic acids is 1. The van der Waals surface area contributed by atoms with E-state index < -0.39 is 6.10 Å². The highest BCUT2D eigenvalue weighted by Crippen LogP contribution is 2.29. The minimum absolute atomic E-state index is 0.220. The van der Waals surface area contributed by atoms with Crippen LogP contribution < -0.4 is 9.64 Å². The van der Waals surface area contributed by atoms with Crippen LogP contribution in [0.5, 0.6) is 5.75 Å². The van der Waals surface area contributed by atoms with Gasteiger partial charge in [0.1, 0.15) is 5.75 Å². The Hall–Kier alpha value is -2.03. The van der Waals surface area contributed by atoms with Crippen molar-refractivity contribution in [1.29, 1.82) is 5.26 Å². The maximum Gasteiger partial charge on any atom is 0.267 e. The Morgan fingerprint density at radius 3 is 2.74 bits per heavy atom. The number of ether oxygens (including phenoxy) is 1. The summed E-state index contributed by atoms with van der Waals surface area (Å²) in [6, 6.07) is 14.0. The molecule has 6 heteroatoms. The molecule has 23 heavy (non-hydrogen) atoms. The van der Waals surface area contributed by atoms with Crippen LogP contribution in [0.1, 0.15) is 12.5 Å². The van der Waals surface area contributed by atoms with E-state index in [-0.39, 0.29) is 5.91 Å². The number of carbonyl (C=O) groups is 1. The fraction of sp³-hybridized carbons (Fsp3) is 0.176. The third kappa shape index (κ3) is 4.25. The first kappa shape index (κ1) is 17.3. The van der Waals surface area contributed by atoms with Gasteiger partial charge < -0.3 is 9.64 Å². The average Bonchev–Trinajstić information content (AvgIpc) is 2.56. The van der Waals surface area contributed by atoms with Crippen LogP contribution in [0.15, 0.2) is 46.9 Å². The molecule has 0 saturated heterocycles. The van der Waals surface area contributed by atoms with Crippen molar-refractivity contribution in [1.82, 2.24) is 0 Å². The summed E-state index contributed by atoms with van der Waals surface area (Å²) < 4.78 is 6.38. The number of rotatable bonds is 4. The lowest BCUT2D eigenvalue weighted by Crippen LogP contribution is -2.38. The van der Waals surface area contributed by atoms with Gasteiger partial charge in [0.25, 0.3) is 5.91 Å². The number of halogens is 2. The number of hydrogen-bond acceptors (Lipinski definition) is 3. The van der Waals surface area contributed by atoms with E-state index in [0.29, 0.717) is 26.5 Å². The predicted molar refractivity (Wildman–Crippen MR) is 93.8 cm³/mol. The van der Waals surface area contributed by atoms with Crippen LogP contribution in [0.4, 0.5) is 5.69 Å². The molecule has 2 aromatic rings. The molecule has 0 fully saturated rings. The topological polar surface area (TPSA) is 53.3 Å². The Kier molecular flexibility index (Phi) is 5.64. The summed E-state index contributed by atoms with van der Waals surface area (Å²) in [6.07, 6.45) is -0.691. The Labute approximate surface area is 148 Å². The van der Waals surface area contributed by atoms with Crippen LogP contribution in [0.25, 0.3) is 0 Å². The lowest BCUT2D eigenvalue weighted by Gasteiger charge is -2.22. The van der Waals surface area contributed by atoms with Gasteiger partial charge >= 0.3 is 0 Å². The lowest BCUT2D eigenvalue weighted by molar-refractivity contribution is -0.124. The zero-order valence-electron chi connectivity index (χ0n) is 12.6. The van der Waals surface area contributed by atoms with Gasteiger partial charge in [-0.3, -0.25) is 4.79 Å². The van der Waals surface area contributed by atoms with Gasteiger partial charge in [-0.25, -0.2) is 0 Å². The second-order valence-electron chi connectivity index (χ2n) is 4.89. The number of nitrogens with zero attached hydrogens (tertiary/aromatic N) is 2. The van der Waals surface area contributed by atoms with Crippen molar-refractivity contribution in [3.8, 4) is 11.8 Å². The minimum Gasteiger partial charge on any atom is -0.480 e. The van der Waals surface area contributed by atoms with Gasteiger partial charge in [0, 0.05) is 17.8 Å². The molecule has 0 aromatic heterocycles. The molecule has 0 N–H and O–H groups in total. The molecule has 0 heterocycles. The maximum absolute atomic E-state index is 12.5. The highest BCUT2D eigenvalue weighted by Gasteiger charge is 2.21. The fourth-order valence-corrected chi connectivity index (χ4v) is 2.77. The molecule has 0 spiro atoms. The normalized spacial score (nSPS) is 11.4. The highest BCUT2D eigenvalue weighted by molar-refractivity contribution is 9.10. The van der Waals surface area contributed by atoms with E-state index in [4.69, 9.17) is 21.6 Å². The highest BCUT2D eigenvalue weighted by atomic mass is 79.9. The molecular formula is C17H14BrClN2O2. The summed E-state index contributed by atoms with van der Waals surface area (Å²) in [4.78, 5) is 14.0. The van der Waals surface area contributed by atoms with Crippen LogP contribution in [-0.2, 0) is 4.79 Å². The van der Waals surface area contributed by atoms with Crippen LogP contribution >= 0.6 is 27.5 Å².